The summed E-state index contributed by atoms with van der Waals surface area (Å²) in [5, 5.41) is 8.52. The standard InChI is InChI=1S/C16H22O4/c17-14(18)1-2-15(19)20-4-3-16-8-11-5-12(9-16)7-13(6-11)10-16/h3-4,11-13H,1-2,5-10H2,(H,17,18). The van der Waals surface area contributed by atoms with E-state index >= 15 is 0 Å². The minimum absolute atomic E-state index is 0.0550. The molecule has 4 aliphatic carbocycles. The van der Waals surface area contributed by atoms with Crippen molar-refractivity contribution in [1.82, 2.24) is 0 Å². The summed E-state index contributed by atoms with van der Waals surface area (Å²) in [6.45, 7) is 0. The van der Waals surface area contributed by atoms with Crippen molar-refractivity contribution in [3.05, 3.63) is 12.3 Å². The number of hydrogen-bond acceptors (Lipinski definition) is 3. The molecule has 0 aromatic heterocycles. The zero-order chi connectivity index (χ0) is 14.2. The highest BCUT2D eigenvalue weighted by Crippen LogP contribution is 2.60. The lowest BCUT2D eigenvalue weighted by atomic mass is 9.50. The van der Waals surface area contributed by atoms with Crippen LogP contribution in [0.4, 0.5) is 0 Å². The largest absolute Gasteiger partial charge is 0.481 e. The fraction of sp³-hybridized carbons (Fsp3) is 0.750. The fourth-order valence-electron chi connectivity index (χ4n) is 4.90. The van der Waals surface area contributed by atoms with Crippen molar-refractivity contribution < 1.29 is 19.4 Å². The fourth-order valence-corrected chi connectivity index (χ4v) is 4.90. The Balaban J connectivity index is 1.53. The van der Waals surface area contributed by atoms with Gasteiger partial charge in [0.2, 0.25) is 0 Å². The molecule has 0 amide bonds. The quantitative estimate of drug-likeness (QED) is 0.620. The molecule has 20 heavy (non-hydrogen) atoms. The molecule has 0 saturated heterocycles. The van der Waals surface area contributed by atoms with Crippen LogP contribution in [0.1, 0.15) is 51.4 Å². The van der Waals surface area contributed by atoms with E-state index in [9.17, 15) is 9.59 Å². The smallest absolute Gasteiger partial charge is 0.311 e. The second kappa shape index (κ2) is 5.23. The van der Waals surface area contributed by atoms with E-state index < -0.39 is 11.9 Å². The predicted octanol–water partition coefficient (Wildman–Crippen LogP) is 3.12. The highest BCUT2D eigenvalue weighted by atomic mass is 16.5. The van der Waals surface area contributed by atoms with Crippen LogP contribution < -0.4 is 0 Å². The Hall–Kier alpha value is -1.32. The lowest BCUT2D eigenvalue weighted by molar-refractivity contribution is -0.144. The van der Waals surface area contributed by atoms with Crippen molar-refractivity contribution in [2.24, 2.45) is 23.2 Å². The summed E-state index contributed by atoms with van der Waals surface area (Å²) in [6.07, 6.45) is 11.3. The summed E-state index contributed by atoms with van der Waals surface area (Å²) < 4.78 is 5.05. The summed E-state index contributed by atoms with van der Waals surface area (Å²) in [7, 11) is 0. The van der Waals surface area contributed by atoms with E-state index in [1.165, 1.54) is 44.8 Å². The van der Waals surface area contributed by atoms with E-state index in [0.29, 0.717) is 0 Å². The molecule has 4 nitrogen and oxygen atoms in total. The molecule has 0 aliphatic heterocycles. The summed E-state index contributed by atoms with van der Waals surface area (Å²) in [5.74, 6) is 1.19. The number of esters is 1. The van der Waals surface area contributed by atoms with Crippen LogP contribution in [-0.4, -0.2) is 17.0 Å². The number of carboxylic acid groups (broad SMARTS) is 1. The van der Waals surface area contributed by atoms with Crippen molar-refractivity contribution in [3.63, 3.8) is 0 Å². The van der Waals surface area contributed by atoms with Crippen molar-refractivity contribution in [3.8, 4) is 0 Å². The van der Waals surface area contributed by atoms with Gasteiger partial charge in [-0.05, 0) is 67.8 Å². The Morgan fingerprint density at radius 3 is 2.10 bits per heavy atom. The van der Waals surface area contributed by atoms with Crippen LogP contribution in [0.2, 0.25) is 0 Å². The van der Waals surface area contributed by atoms with Crippen molar-refractivity contribution in [1.29, 1.82) is 0 Å². The van der Waals surface area contributed by atoms with Gasteiger partial charge in [-0.25, -0.2) is 0 Å². The second-order valence-corrected chi connectivity index (χ2v) is 6.97. The molecule has 1 N–H and O–H groups in total. The van der Waals surface area contributed by atoms with Crippen molar-refractivity contribution >= 4 is 11.9 Å². The first-order chi connectivity index (χ1) is 9.55. The van der Waals surface area contributed by atoms with Crippen LogP contribution in [0.25, 0.3) is 0 Å². The van der Waals surface area contributed by atoms with Gasteiger partial charge in [0, 0.05) is 0 Å². The molecule has 0 aromatic rings. The van der Waals surface area contributed by atoms with Gasteiger partial charge >= 0.3 is 11.9 Å². The number of ether oxygens (including phenoxy) is 1. The van der Waals surface area contributed by atoms with E-state index in [2.05, 4.69) is 6.08 Å². The Morgan fingerprint density at radius 2 is 1.60 bits per heavy atom. The maximum Gasteiger partial charge on any atom is 0.311 e. The maximum absolute atomic E-state index is 11.4. The molecule has 0 spiro atoms. The SMILES string of the molecule is O=C(O)CCC(=O)OC=CC12CC3CC(CC(C3)C1)C2. The highest BCUT2D eigenvalue weighted by molar-refractivity contribution is 5.76. The molecule has 4 rings (SSSR count). The Labute approximate surface area is 119 Å². The molecule has 4 bridgehead atoms. The third-order valence-corrected chi connectivity index (χ3v) is 5.25. The first-order valence-corrected chi connectivity index (χ1v) is 7.64. The molecule has 0 heterocycles. The van der Waals surface area contributed by atoms with E-state index in [1.54, 1.807) is 0 Å². The lowest BCUT2D eigenvalue weighted by Gasteiger charge is -2.55. The minimum Gasteiger partial charge on any atom is -0.481 e. The summed E-state index contributed by atoms with van der Waals surface area (Å²) in [4.78, 5) is 21.8. The normalized spacial score (nSPS) is 38.3. The molecule has 4 heteroatoms. The van der Waals surface area contributed by atoms with Crippen LogP contribution >= 0.6 is 0 Å². The summed E-state index contributed by atoms with van der Waals surface area (Å²) in [6, 6.07) is 0. The molecular weight excluding hydrogens is 256 g/mol. The number of carbonyl (C=O) groups excluding carboxylic acids is 1. The number of allylic oxidation sites excluding steroid dienone is 1. The van der Waals surface area contributed by atoms with Gasteiger partial charge in [0.05, 0.1) is 19.1 Å². The van der Waals surface area contributed by atoms with E-state index in [0.717, 1.165) is 17.8 Å². The second-order valence-electron chi connectivity index (χ2n) is 6.97. The minimum atomic E-state index is -0.966. The topological polar surface area (TPSA) is 63.6 Å². The zero-order valence-electron chi connectivity index (χ0n) is 11.7. The van der Waals surface area contributed by atoms with Gasteiger partial charge in [0.15, 0.2) is 0 Å². The molecule has 4 fully saturated rings. The summed E-state index contributed by atoms with van der Waals surface area (Å²) in [5.41, 5.74) is 0.252. The number of carboxylic acids is 1. The van der Waals surface area contributed by atoms with Gasteiger partial charge in [0.25, 0.3) is 0 Å². The van der Waals surface area contributed by atoms with Gasteiger partial charge in [-0.15, -0.1) is 0 Å². The van der Waals surface area contributed by atoms with Crippen LogP contribution in [0, 0.1) is 23.2 Å². The first-order valence-electron chi connectivity index (χ1n) is 7.64. The molecular formula is C16H22O4. The average Bonchev–Trinajstić information content (AvgIpc) is 2.34. The maximum atomic E-state index is 11.4. The predicted molar refractivity (Wildman–Crippen MR) is 72.7 cm³/mol. The van der Waals surface area contributed by atoms with Crippen LogP contribution in [0.3, 0.4) is 0 Å². The Kier molecular flexibility index (Phi) is 3.57. The molecule has 0 unspecified atom stereocenters. The third kappa shape index (κ3) is 2.89. The molecule has 0 aromatic carbocycles. The highest BCUT2D eigenvalue weighted by Gasteiger charge is 2.49. The van der Waals surface area contributed by atoms with E-state index in [4.69, 9.17) is 9.84 Å². The summed E-state index contributed by atoms with van der Waals surface area (Å²) >= 11 is 0. The Morgan fingerprint density at radius 1 is 1.05 bits per heavy atom. The van der Waals surface area contributed by atoms with Crippen LogP contribution in [-0.2, 0) is 14.3 Å². The Bertz CT molecular complexity index is 402. The van der Waals surface area contributed by atoms with Gasteiger partial charge < -0.3 is 9.84 Å². The van der Waals surface area contributed by atoms with Crippen LogP contribution in [0.5, 0.6) is 0 Å². The zero-order valence-corrected chi connectivity index (χ0v) is 11.7. The molecule has 4 aliphatic rings. The molecule has 0 atom stereocenters. The van der Waals surface area contributed by atoms with Crippen LogP contribution in [0.15, 0.2) is 12.3 Å². The third-order valence-electron chi connectivity index (χ3n) is 5.25. The van der Waals surface area contributed by atoms with E-state index in [-0.39, 0.29) is 18.3 Å². The number of carbonyl (C=O) groups is 2. The molecule has 4 saturated carbocycles. The van der Waals surface area contributed by atoms with Crippen molar-refractivity contribution in [2.75, 3.05) is 0 Å². The number of aliphatic carboxylic acids is 1. The number of hydrogen-bond donors (Lipinski definition) is 1. The van der Waals surface area contributed by atoms with Gasteiger partial charge in [-0.3, -0.25) is 9.59 Å². The van der Waals surface area contributed by atoms with Crippen molar-refractivity contribution in [2.45, 2.75) is 51.4 Å². The average molecular weight is 278 g/mol. The van der Waals surface area contributed by atoms with E-state index in [1.807, 2.05) is 0 Å². The molecule has 0 radical (unpaired) electrons. The number of rotatable bonds is 5. The van der Waals surface area contributed by atoms with Gasteiger partial charge in [0.1, 0.15) is 0 Å². The first kappa shape index (κ1) is 13.7. The monoisotopic (exact) mass is 278 g/mol. The van der Waals surface area contributed by atoms with Gasteiger partial charge in [-0.1, -0.05) is 0 Å². The lowest BCUT2D eigenvalue weighted by Crippen LogP contribution is -2.45. The molecule has 110 valence electrons. The van der Waals surface area contributed by atoms with Gasteiger partial charge in [-0.2, -0.15) is 0 Å².